The summed E-state index contributed by atoms with van der Waals surface area (Å²) < 4.78 is 5.19. The topological polar surface area (TPSA) is 143 Å². The van der Waals surface area contributed by atoms with Gasteiger partial charge in [-0.2, -0.15) is 15.3 Å². The van der Waals surface area contributed by atoms with E-state index in [-0.39, 0.29) is 23.1 Å². The number of H-pyrrole nitrogens is 1. The monoisotopic (exact) mass is 352 g/mol. The van der Waals surface area contributed by atoms with Gasteiger partial charge in [-0.3, -0.25) is 5.10 Å². The number of fused-ring (bicyclic) bond motifs is 1. The average molecular weight is 353 g/mol. The Balaban J connectivity index is 2.02. The summed E-state index contributed by atoms with van der Waals surface area (Å²) in [4.78, 5) is 12.7. The van der Waals surface area contributed by atoms with Crippen LogP contribution in [0.4, 0.5) is 5.82 Å². The summed E-state index contributed by atoms with van der Waals surface area (Å²) in [5.41, 5.74) is 7.75. The molecule has 0 aliphatic carbocycles. The maximum atomic E-state index is 9.22. The minimum Gasteiger partial charge on any atom is -0.381 e. The van der Waals surface area contributed by atoms with E-state index in [1.807, 2.05) is 12.1 Å². The van der Waals surface area contributed by atoms with Crippen LogP contribution < -0.4 is 5.73 Å². The van der Waals surface area contributed by atoms with Crippen molar-refractivity contribution in [2.24, 2.45) is 0 Å². The normalized spacial score (nSPS) is 10.9. The standard InChI is InChI=1S/C15H9ClN8O/c1-6-20-15(25-24-6)13-12(21-10(4-17)14(18)22-13)7-2-8-5-19-23-11(8)9(16)3-7/h2-3,5H,1H3,(H2,18,22)(H,19,23). The van der Waals surface area contributed by atoms with Gasteiger partial charge in [0.25, 0.3) is 5.89 Å². The minimum atomic E-state index is -0.0208. The summed E-state index contributed by atoms with van der Waals surface area (Å²) in [6.07, 6.45) is 1.64. The summed E-state index contributed by atoms with van der Waals surface area (Å²) in [7, 11) is 0. The van der Waals surface area contributed by atoms with Crippen LogP contribution in [-0.4, -0.2) is 30.3 Å². The molecular weight excluding hydrogens is 344 g/mol. The van der Waals surface area contributed by atoms with Crippen molar-refractivity contribution in [1.29, 1.82) is 5.26 Å². The van der Waals surface area contributed by atoms with Crippen LogP contribution in [0.2, 0.25) is 5.02 Å². The molecule has 0 saturated heterocycles. The number of benzene rings is 1. The number of nitrogens with one attached hydrogen (secondary N) is 1. The second-order valence-corrected chi connectivity index (χ2v) is 5.61. The maximum absolute atomic E-state index is 9.22. The highest BCUT2D eigenvalue weighted by Gasteiger charge is 2.21. The summed E-state index contributed by atoms with van der Waals surface area (Å²) in [5, 5.41) is 21.0. The number of anilines is 1. The number of halogens is 1. The SMILES string of the molecule is Cc1noc(-c2nc(N)c(C#N)nc2-c2cc(Cl)c3[nH]ncc3c2)n1. The van der Waals surface area contributed by atoms with Crippen molar-refractivity contribution in [2.45, 2.75) is 6.92 Å². The highest BCUT2D eigenvalue weighted by molar-refractivity contribution is 6.35. The Morgan fingerprint density at radius 2 is 2.08 bits per heavy atom. The van der Waals surface area contributed by atoms with Crippen molar-refractivity contribution >= 4 is 28.3 Å². The van der Waals surface area contributed by atoms with E-state index in [0.29, 0.717) is 27.6 Å². The van der Waals surface area contributed by atoms with Gasteiger partial charge in [0.1, 0.15) is 11.8 Å². The fourth-order valence-corrected chi connectivity index (χ4v) is 2.69. The average Bonchev–Trinajstić information content (AvgIpc) is 3.23. The first-order valence-corrected chi connectivity index (χ1v) is 7.46. The second-order valence-electron chi connectivity index (χ2n) is 5.21. The molecule has 0 spiro atoms. The van der Waals surface area contributed by atoms with Crippen LogP contribution in [0.15, 0.2) is 22.9 Å². The van der Waals surface area contributed by atoms with E-state index in [2.05, 4.69) is 30.3 Å². The largest absolute Gasteiger partial charge is 0.381 e. The second kappa shape index (κ2) is 5.54. The van der Waals surface area contributed by atoms with Gasteiger partial charge in [-0.15, -0.1) is 0 Å². The molecule has 1 aromatic carbocycles. The van der Waals surface area contributed by atoms with Crippen LogP contribution in [0, 0.1) is 18.3 Å². The van der Waals surface area contributed by atoms with Crippen LogP contribution in [0.5, 0.6) is 0 Å². The fraction of sp³-hybridized carbons (Fsp3) is 0.0667. The third-order valence-electron chi connectivity index (χ3n) is 3.53. The Morgan fingerprint density at radius 1 is 1.24 bits per heavy atom. The molecule has 3 aromatic heterocycles. The molecule has 0 unspecified atom stereocenters. The first-order valence-electron chi connectivity index (χ1n) is 7.08. The van der Waals surface area contributed by atoms with Crippen molar-refractivity contribution < 1.29 is 4.52 Å². The molecule has 3 heterocycles. The summed E-state index contributed by atoms with van der Waals surface area (Å²) in [5.74, 6) is 0.571. The highest BCUT2D eigenvalue weighted by Crippen LogP contribution is 2.34. The minimum absolute atomic E-state index is 0.00148. The van der Waals surface area contributed by atoms with E-state index in [0.717, 1.165) is 5.39 Å². The van der Waals surface area contributed by atoms with Gasteiger partial charge < -0.3 is 10.3 Å². The molecule has 4 rings (SSSR count). The number of hydrogen-bond donors (Lipinski definition) is 2. The number of aromatic nitrogens is 6. The molecule has 9 nitrogen and oxygen atoms in total. The molecule has 0 bridgehead atoms. The van der Waals surface area contributed by atoms with Gasteiger partial charge in [-0.1, -0.05) is 16.8 Å². The highest BCUT2D eigenvalue weighted by atomic mass is 35.5. The quantitative estimate of drug-likeness (QED) is 0.559. The summed E-state index contributed by atoms with van der Waals surface area (Å²) in [6, 6.07) is 5.43. The molecule has 4 aromatic rings. The zero-order valence-corrected chi connectivity index (χ0v) is 13.5. The number of nitriles is 1. The number of hydrogen-bond acceptors (Lipinski definition) is 8. The molecule has 0 fully saturated rings. The molecule has 10 heteroatoms. The van der Waals surface area contributed by atoms with Crippen molar-refractivity contribution in [2.75, 3.05) is 5.73 Å². The third-order valence-corrected chi connectivity index (χ3v) is 3.83. The number of rotatable bonds is 2. The third kappa shape index (κ3) is 2.45. The fourth-order valence-electron chi connectivity index (χ4n) is 2.43. The Hall–Kier alpha value is -3.51. The lowest BCUT2D eigenvalue weighted by Gasteiger charge is -2.08. The zero-order valence-electron chi connectivity index (χ0n) is 12.8. The predicted molar refractivity (Wildman–Crippen MR) is 89.3 cm³/mol. The van der Waals surface area contributed by atoms with Gasteiger partial charge in [-0.05, 0) is 19.1 Å². The maximum Gasteiger partial charge on any atom is 0.278 e. The smallest absolute Gasteiger partial charge is 0.278 e. The molecule has 0 aliphatic rings. The molecule has 122 valence electrons. The molecule has 0 saturated carbocycles. The lowest BCUT2D eigenvalue weighted by molar-refractivity contribution is 0.424. The van der Waals surface area contributed by atoms with Crippen molar-refractivity contribution in [3.63, 3.8) is 0 Å². The van der Waals surface area contributed by atoms with Crippen LogP contribution >= 0.6 is 11.6 Å². The van der Waals surface area contributed by atoms with E-state index in [9.17, 15) is 5.26 Å². The molecule has 0 atom stereocenters. The molecule has 25 heavy (non-hydrogen) atoms. The number of aryl methyl sites for hydroxylation is 1. The Kier molecular flexibility index (Phi) is 3.33. The van der Waals surface area contributed by atoms with Crippen LogP contribution in [0.3, 0.4) is 0 Å². The van der Waals surface area contributed by atoms with E-state index in [1.54, 1.807) is 19.2 Å². The molecule has 3 N–H and O–H groups in total. The van der Waals surface area contributed by atoms with Crippen LogP contribution in [0.25, 0.3) is 33.7 Å². The van der Waals surface area contributed by atoms with Gasteiger partial charge in [0.15, 0.2) is 23.0 Å². The van der Waals surface area contributed by atoms with E-state index < -0.39 is 0 Å². The Morgan fingerprint density at radius 3 is 2.80 bits per heavy atom. The summed E-state index contributed by atoms with van der Waals surface area (Å²) >= 11 is 6.30. The van der Waals surface area contributed by atoms with Gasteiger partial charge >= 0.3 is 0 Å². The number of nitrogens with zero attached hydrogens (tertiary/aromatic N) is 6. The molecular formula is C15H9ClN8O. The van der Waals surface area contributed by atoms with E-state index >= 15 is 0 Å². The van der Waals surface area contributed by atoms with Crippen molar-refractivity contribution in [3.8, 4) is 28.9 Å². The lowest BCUT2D eigenvalue weighted by atomic mass is 10.1. The first-order chi connectivity index (χ1) is 12.1. The summed E-state index contributed by atoms with van der Waals surface area (Å²) in [6.45, 7) is 1.68. The van der Waals surface area contributed by atoms with Crippen LogP contribution in [0.1, 0.15) is 11.5 Å². The van der Waals surface area contributed by atoms with Crippen molar-refractivity contribution in [3.05, 3.63) is 34.9 Å². The van der Waals surface area contributed by atoms with Gasteiger partial charge in [0.05, 0.1) is 16.7 Å². The zero-order chi connectivity index (χ0) is 17.6. The van der Waals surface area contributed by atoms with Gasteiger partial charge in [0.2, 0.25) is 0 Å². The number of nitrogens with two attached hydrogens (primary N) is 1. The first kappa shape index (κ1) is 15.0. The van der Waals surface area contributed by atoms with Gasteiger partial charge in [0, 0.05) is 10.9 Å². The van der Waals surface area contributed by atoms with E-state index in [4.69, 9.17) is 21.9 Å². The Bertz CT molecular complexity index is 1160. The van der Waals surface area contributed by atoms with Crippen LogP contribution in [-0.2, 0) is 0 Å². The molecule has 0 aliphatic heterocycles. The van der Waals surface area contributed by atoms with E-state index in [1.165, 1.54) is 0 Å². The molecule has 0 amide bonds. The lowest BCUT2D eigenvalue weighted by Crippen LogP contribution is -2.03. The van der Waals surface area contributed by atoms with Crippen molar-refractivity contribution in [1.82, 2.24) is 30.3 Å². The molecule has 0 radical (unpaired) electrons. The number of aromatic amines is 1. The predicted octanol–water partition coefficient (Wildman–Crippen LogP) is 2.49. The Labute approximate surface area is 145 Å². The number of nitrogen functional groups attached to an aromatic ring is 1. The van der Waals surface area contributed by atoms with Gasteiger partial charge in [-0.25, -0.2) is 9.97 Å².